The summed E-state index contributed by atoms with van der Waals surface area (Å²) in [4.78, 5) is 10.4. The Bertz CT molecular complexity index is 308. The molecule has 0 saturated carbocycles. The molecule has 0 radical (unpaired) electrons. The van der Waals surface area contributed by atoms with Crippen LogP contribution in [0.1, 0.15) is 6.42 Å². The van der Waals surface area contributed by atoms with Crippen molar-refractivity contribution in [3.05, 3.63) is 0 Å². The smallest absolute Gasteiger partial charge is 0.0262 e. The van der Waals surface area contributed by atoms with E-state index in [1.165, 1.54) is 78.4 Å². The van der Waals surface area contributed by atoms with Crippen molar-refractivity contribution in [1.82, 2.24) is 24.9 Å². The van der Waals surface area contributed by atoms with Gasteiger partial charge >= 0.3 is 0 Å². The molecule has 0 amide bonds. The third kappa shape index (κ3) is 4.17. The molecule has 0 bridgehead atoms. The summed E-state index contributed by atoms with van der Waals surface area (Å²) in [6.07, 6.45) is 1.35. The van der Waals surface area contributed by atoms with Crippen molar-refractivity contribution in [3.8, 4) is 0 Å². The molecule has 3 heterocycles. The molecule has 0 aliphatic carbocycles. The standard InChI is InChI=1S/C16H33N5/c1-18-5-9-20(10-6-18)14-15-3-4-17-13-16(15)21-11-7-19(2)8-12-21/h15-17H,3-14H2,1-2H3. The van der Waals surface area contributed by atoms with E-state index in [0.717, 1.165) is 12.0 Å². The van der Waals surface area contributed by atoms with Gasteiger partial charge in [-0.3, -0.25) is 4.90 Å². The SMILES string of the molecule is CN1CCN(CC2CCNCC2N2CCN(C)CC2)CC1. The Morgan fingerprint density at radius 1 is 0.857 bits per heavy atom. The van der Waals surface area contributed by atoms with E-state index in [-0.39, 0.29) is 0 Å². The quantitative estimate of drug-likeness (QED) is 0.754. The second kappa shape index (κ2) is 7.38. The molecule has 5 nitrogen and oxygen atoms in total. The van der Waals surface area contributed by atoms with E-state index in [0.29, 0.717) is 0 Å². The molecule has 2 atom stereocenters. The predicted octanol–water partition coefficient (Wildman–Crippen LogP) is -0.541. The fourth-order valence-electron chi connectivity index (χ4n) is 4.05. The first-order valence-electron chi connectivity index (χ1n) is 8.76. The van der Waals surface area contributed by atoms with E-state index < -0.39 is 0 Å². The molecule has 0 spiro atoms. The highest BCUT2D eigenvalue weighted by molar-refractivity contribution is 4.90. The predicted molar refractivity (Wildman–Crippen MR) is 87.8 cm³/mol. The largest absolute Gasteiger partial charge is 0.315 e. The van der Waals surface area contributed by atoms with Gasteiger partial charge < -0.3 is 20.0 Å². The Morgan fingerprint density at radius 3 is 2.14 bits per heavy atom. The topological polar surface area (TPSA) is 25.0 Å². The summed E-state index contributed by atoms with van der Waals surface area (Å²) in [5, 5.41) is 3.64. The molecule has 3 rings (SSSR count). The highest BCUT2D eigenvalue weighted by Gasteiger charge is 2.32. The van der Waals surface area contributed by atoms with Crippen molar-refractivity contribution >= 4 is 0 Å². The molecular weight excluding hydrogens is 262 g/mol. The Hall–Kier alpha value is -0.200. The van der Waals surface area contributed by atoms with Crippen LogP contribution in [0.2, 0.25) is 0 Å². The van der Waals surface area contributed by atoms with Crippen LogP contribution in [0.4, 0.5) is 0 Å². The third-order valence-electron chi connectivity index (χ3n) is 5.69. The average molecular weight is 295 g/mol. The Morgan fingerprint density at radius 2 is 1.48 bits per heavy atom. The molecule has 5 heteroatoms. The zero-order valence-corrected chi connectivity index (χ0v) is 13.9. The lowest BCUT2D eigenvalue weighted by Crippen LogP contribution is -2.59. The molecule has 0 aromatic rings. The number of nitrogens with one attached hydrogen (secondary N) is 1. The van der Waals surface area contributed by atoms with Crippen LogP contribution in [-0.2, 0) is 0 Å². The van der Waals surface area contributed by atoms with Crippen LogP contribution < -0.4 is 5.32 Å². The number of piperidine rings is 1. The molecule has 2 unspecified atom stereocenters. The first kappa shape index (κ1) is 15.7. The van der Waals surface area contributed by atoms with Crippen molar-refractivity contribution in [3.63, 3.8) is 0 Å². The van der Waals surface area contributed by atoms with Gasteiger partial charge in [-0.2, -0.15) is 0 Å². The summed E-state index contributed by atoms with van der Waals surface area (Å²) in [7, 11) is 4.49. The Balaban J connectivity index is 1.54. The zero-order valence-electron chi connectivity index (χ0n) is 13.9. The van der Waals surface area contributed by atoms with Gasteiger partial charge in [-0.25, -0.2) is 0 Å². The number of hydrogen-bond acceptors (Lipinski definition) is 5. The maximum absolute atomic E-state index is 3.64. The molecule has 3 saturated heterocycles. The maximum Gasteiger partial charge on any atom is 0.0262 e. The van der Waals surface area contributed by atoms with Crippen molar-refractivity contribution < 1.29 is 0 Å². The second-order valence-corrected chi connectivity index (χ2v) is 7.26. The zero-order chi connectivity index (χ0) is 14.7. The monoisotopic (exact) mass is 295 g/mol. The molecule has 1 N–H and O–H groups in total. The minimum absolute atomic E-state index is 0.757. The second-order valence-electron chi connectivity index (χ2n) is 7.26. The van der Waals surface area contributed by atoms with Gasteiger partial charge in [0.25, 0.3) is 0 Å². The Kier molecular flexibility index (Phi) is 5.51. The first-order valence-corrected chi connectivity index (χ1v) is 8.76. The lowest BCUT2D eigenvalue weighted by molar-refractivity contribution is 0.0419. The number of nitrogens with zero attached hydrogens (tertiary/aromatic N) is 4. The highest BCUT2D eigenvalue weighted by atomic mass is 15.3. The molecule has 3 aliphatic rings. The minimum Gasteiger partial charge on any atom is -0.315 e. The maximum atomic E-state index is 3.64. The number of likely N-dealkylation sites (N-methyl/N-ethyl adjacent to an activating group) is 2. The van der Waals surface area contributed by atoms with Crippen molar-refractivity contribution in [2.45, 2.75) is 12.5 Å². The number of piperazine rings is 2. The Labute approximate surface area is 130 Å². The third-order valence-corrected chi connectivity index (χ3v) is 5.69. The van der Waals surface area contributed by atoms with Gasteiger partial charge in [-0.15, -0.1) is 0 Å². The molecule has 3 aliphatic heterocycles. The molecule has 0 aromatic heterocycles. The molecule has 3 fully saturated rings. The van der Waals surface area contributed by atoms with E-state index in [1.54, 1.807) is 0 Å². The van der Waals surface area contributed by atoms with Crippen molar-refractivity contribution in [2.24, 2.45) is 5.92 Å². The molecule has 0 aromatic carbocycles. The fraction of sp³-hybridized carbons (Fsp3) is 1.00. The summed E-state index contributed by atoms with van der Waals surface area (Å²) in [6, 6.07) is 0.757. The fourth-order valence-corrected chi connectivity index (χ4v) is 4.05. The van der Waals surface area contributed by atoms with Crippen LogP contribution in [0, 0.1) is 5.92 Å². The van der Waals surface area contributed by atoms with Crippen LogP contribution in [0.5, 0.6) is 0 Å². The number of hydrogen-bond donors (Lipinski definition) is 1. The van der Waals surface area contributed by atoms with Crippen LogP contribution in [-0.4, -0.2) is 112 Å². The molecule has 122 valence electrons. The number of rotatable bonds is 3. The van der Waals surface area contributed by atoms with Crippen molar-refractivity contribution in [2.75, 3.05) is 86.1 Å². The highest BCUT2D eigenvalue weighted by Crippen LogP contribution is 2.21. The van der Waals surface area contributed by atoms with Gasteiger partial charge in [-0.05, 0) is 33.0 Å². The van der Waals surface area contributed by atoms with Crippen LogP contribution >= 0.6 is 0 Å². The lowest BCUT2D eigenvalue weighted by atomic mass is 9.90. The summed E-state index contributed by atoms with van der Waals surface area (Å²) in [5.74, 6) is 0.859. The van der Waals surface area contributed by atoms with Gasteiger partial charge in [0.15, 0.2) is 0 Å². The van der Waals surface area contributed by atoms with Crippen molar-refractivity contribution in [1.29, 1.82) is 0 Å². The first-order chi connectivity index (χ1) is 10.2. The molecule has 21 heavy (non-hydrogen) atoms. The van der Waals surface area contributed by atoms with Gasteiger partial charge in [0.1, 0.15) is 0 Å². The summed E-state index contributed by atoms with van der Waals surface area (Å²) >= 11 is 0. The normalized spacial score (nSPS) is 35.1. The van der Waals surface area contributed by atoms with Gasteiger partial charge in [0.2, 0.25) is 0 Å². The van der Waals surface area contributed by atoms with E-state index in [9.17, 15) is 0 Å². The van der Waals surface area contributed by atoms with E-state index in [2.05, 4.69) is 39.0 Å². The van der Waals surface area contributed by atoms with E-state index >= 15 is 0 Å². The molecular formula is C16H33N5. The van der Waals surface area contributed by atoms with E-state index in [4.69, 9.17) is 0 Å². The van der Waals surface area contributed by atoms with Crippen LogP contribution in [0.3, 0.4) is 0 Å². The summed E-state index contributed by atoms with van der Waals surface area (Å²) in [6.45, 7) is 13.7. The lowest BCUT2D eigenvalue weighted by Gasteiger charge is -2.45. The van der Waals surface area contributed by atoms with E-state index in [1.807, 2.05) is 0 Å². The van der Waals surface area contributed by atoms with Gasteiger partial charge in [-0.1, -0.05) is 0 Å². The van der Waals surface area contributed by atoms with Gasteiger partial charge in [0.05, 0.1) is 0 Å². The summed E-state index contributed by atoms with van der Waals surface area (Å²) in [5.41, 5.74) is 0. The minimum atomic E-state index is 0.757. The van der Waals surface area contributed by atoms with Crippen LogP contribution in [0.15, 0.2) is 0 Å². The van der Waals surface area contributed by atoms with Crippen LogP contribution in [0.25, 0.3) is 0 Å². The summed E-state index contributed by atoms with van der Waals surface area (Å²) < 4.78 is 0. The average Bonchev–Trinajstić information content (AvgIpc) is 2.51. The van der Waals surface area contributed by atoms with Gasteiger partial charge in [0, 0.05) is 71.5 Å².